The Bertz CT molecular complexity index is 695. The fraction of sp³-hybridized carbons (Fsp3) is 0.821. The zero-order valence-corrected chi connectivity index (χ0v) is 25.9. The smallest absolute Gasteiger partial charge is 0.192 e. The van der Waals surface area contributed by atoms with Crippen molar-refractivity contribution in [2.24, 2.45) is 11.8 Å². The number of hydrogen-bond donors (Lipinski definition) is 0. The number of Topliss-reactive ketones (excluding diaryl/α,β-unsaturated/α-hetero) is 1. The van der Waals surface area contributed by atoms with Crippen molar-refractivity contribution in [1.29, 1.82) is 0 Å². The van der Waals surface area contributed by atoms with Gasteiger partial charge < -0.3 is 8.85 Å². The van der Waals surface area contributed by atoms with Gasteiger partial charge >= 0.3 is 0 Å². The molecule has 4 atom stereocenters. The van der Waals surface area contributed by atoms with Gasteiger partial charge in [0.05, 0.1) is 12.2 Å². The molecule has 0 bridgehead atoms. The molecule has 0 amide bonds. The number of carbonyl (C=O) groups excluding carboxylic acids is 1. The van der Waals surface area contributed by atoms with E-state index in [1.807, 2.05) is 0 Å². The lowest BCUT2D eigenvalue weighted by atomic mass is 9.95. The number of hydrogen-bond acceptors (Lipinski definition) is 3. The maximum atomic E-state index is 12.6. The summed E-state index contributed by atoms with van der Waals surface area (Å²) in [5, 5.41) is 0.267. The van der Waals surface area contributed by atoms with Crippen molar-refractivity contribution < 1.29 is 13.6 Å². The van der Waals surface area contributed by atoms with Crippen LogP contribution in [0.2, 0.25) is 36.3 Å². The second-order valence-corrected chi connectivity index (χ2v) is 22.9. The predicted octanol–water partition coefficient (Wildman–Crippen LogP) is 8.69. The van der Waals surface area contributed by atoms with Crippen LogP contribution in [0.25, 0.3) is 0 Å². The van der Waals surface area contributed by atoms with Gasteiger partial charge in [0.25, 0.3) is 0 Å². The lowest BCUT2D eigenvalue weighted by Crippen LogP contribution is -2.45. The first-order valence-corrected chi connectivity index (χ1v) is 18.9. The average Bonchev–Trinajstić information content (AvgIpc) is 2.88. The Labute approximate surface area is 208 Å². The average molecular weight is 495 g/mol. The van der Waals surface area contributed by atoms with E-state index in [0.29, 0.717) is 17.9 Å². The standard InChI is InChI=1S/C28H54O3Si2/c1-14-15-16-21(2)19-23(30-32(10,11)27(4,5)6)17-18-24-22(3)25(29)20-26(24)31-33(12,13)28(7,8)9/h17-18,21,23-24,26H,3,14-16,19-20H2,1-2,4-13H3/b18-17+/t21?,23-,24?,26?/m1/s1. The van der Waals surface area contributed by atoms with E-state index in [0.717, 1.165) is 6.42 Å². The van der Waals surface area contributed by atoms with Gasteiger partial charge in [-0.15, -0.1) is 0 Å². The van der Waals surface area contributed by atoms with Gasteiger partial charge in [0.1, 0.15) is 0 Å². The summed E-state index contributed by atoms with van der Waals surface area (Å²) in [6, 6.07) is 0. The SMILES string of the molecule is C=C1C(=O)CC(O[Si](C)(C)C(C)(C)C)C1/C=C/[C@H](CC(C)CCCC)O[Si](C)(C)C(C)(C)C. The maximum Gasteiger partial charge on any atom is 0.192 e. The van der Waals surface area contributed by atoms with Crippen LogP contribution in [0.15, 0.2) is 24.3 Å². The summed E-state index contributed by atoms with van der Waals surface area (Å²) in [6.07, 6.45) is 9.56. The van der Waals surface area contributed by atoms with E-state index in [2.05, 4.69) is 100 Å². The molecule has 1 aliphatic carbocycles. The summed E-state index contributed by atoms with van der Waals surface area (Å²) >= 11 is 0. The highest BCUT2D eigenvalue weighted by atomic mass is 28.4. The van der Waals surface area contributed by atoms with Gasteiger partial charge in [0.2, 0.25) is 0 Å². The second-order valence-electron chi connectivity index (χ2n) is 13.4. The summed E-state index contributed by atoms with van der Waals surface area (Å²) < 4.78 is 13.6. The third kappa shape index (κ3) is 8.59. The normalized spacial score (nSPS) is 22.9. The van der Waals surface area contributed by atoms with Crippen LogP contribution >= 0.6 is 0 Å². The van der Waals surface area contributed by atoms with Crippen LogP contribution in [0.4, 0.5) is 0 Å². The Kier molecular flexibility index (Phi) is 10.6. The molecule has 3 unspecified atom stereocenters. The van der Waals surface area contributed by atoms with Crippen LogP contribution in [0.1, 0.15) is 87.5 Å². The van der Waals surface area contributed by atoms with E-state index in [1.54, 1.807) is 0 Å². The van der Waals surface area contributed by atoms with Gasteiger partial charge in [-0.25, -0.2) is 0 Å². The molecule has 1 saturated carbocycles. The highest BCUT2D eigenvalue weighted by Gasteiger charge is 2.45. The number of rotatable bonds is 11. The molecule has 33 heavy (non-hydrogen) atoms. The Hall–Kier alpha value is -0.496. The number of carbonyl (C=O) groups is 1. The van der Waals surface area contributed by atoms with Gasteiger partial charge in [-0.05, 0) is 54.2 Å². The summed E-state index contributed by atoms with van der Waals surface area (Å²) in [4.78, 5) is 12.6. The molecule has 0 spiro atoms. The molecule has 1 rings (SSSR count). The van der Waals surface area contributed by atoms with Gasteiger partial charge in [-0.1, -0.05) is 93.4 Å². The predicted molar refractivity (Wildman–Crippen MR) is 149 cm³/mol. The van der Waals surface area contributed by atoms with Crippen LogP contribution in [0, 0.1) is 11.8 Å². The Morgan fingerprint density at radius 1 is 1.06 bits per heavy atom. The molecule has 0 aliphatic heterocycles. The third-order valence-electron chi connectivity index (χ3n) is 8.27. The first-order valence-electron chi connectivity index (χ1n) is 13.1. The summed E-state index contributed by atoms with van der Waals surface area (Å²) in [6.45, 7) is 31.5. The van der Waals surface area contributed by atoms with Crippen molar-refractivity contribution in [3.63, 3.8) is 0 Å². The van der Waals surface area contributed by atoms with E-state index in [4.69, 9.17) is 8.85 Å². The first kappa shape index (κ1) is 30.5. The molecule has 0 heterocycles. The molecular formula is C28H54O3Si2. The third-order valence-corrected chi connectivity index (χ3v) is 17.3. The van der Waals surface area contributed by atoms with Crippen molar-refractivity contribution in [3.8, 4) is 0 Å². The number of ketones is 1. The van der Waals surface area contributed by atoms with Crippen molar-refractivity contribution in [3.05, 3.63) is 24.3 Å². The molecule has 5 heteroatoms. The van der Waals surface area contributed by atoms with E-state index in [-0.39, 0.29) is 34.0 Å². The van der Waals surface area contributed by atoms with Gasteiger partial charge in [-0.3, -0.25) is 4.79 Å². The van der Waals surface area contributed by atoms with E-state index in [1.165, 1.54) is 19.3 Å². The zero-order chi connectivity index (χ0) is 25.8. The monoisotopic (exact) mass is 494 g/mol. The Balaban J connectivity index is 3.15. The lowest BCUT2D eigenvalue weighted by Gasteiger charge is -2.40. The lowest BCUT2D eigenvalue weighted by molar-refractivity contribution is -0.115. The number of unbranched alkanes of at least 4 members (excludes halogenated alkanes) is 1. The van der Waals surface area contributed by atoms with Crippen LogP contribution in [0.5, 0.6) is 0 Å². The second kappa shape index (κ2) is 11.5. The van der Waals surface area contributed by atoms with Gasteiger partial charge in [0, 0.05) is 12.3 Å². The molecule has 1 aliphatic rings. The van der Waals surface area contributed by atoms with Crippen molar-refractivity contribution >= 4 is 22.4 Å². The zero-order valence-electron chi connectivity index (χ0n) is 23.9. The molecule has 3 nitrogen and oxygen atoms in total. The summed E-state index contributed by atoms with van der Waals surface area (Å²) in [5.41, 5.74) is 0.695. The minimum atomic E-state index is -1.98. The molecule has 0 radical (unpaired) electrons. The van der Waals surface area contributed by atoms with Crippen molar-refractivity contribution in [1.82, 2.24) is 0 Å². The van der Waals surface area contributed by atoms with Gasteiger partial charge in [-0.2, -0.15) is 0 Å². The minimum absolute atomic E-state index is 0.0527. The van der Waals surface area contributed by atoms with E-state index in [9.17, 15) is 4.79 Å². The molecule has 192 valence electrons. The van der Waals surface area contributed by atoms with E-state index < -0.39 is 16.6 Å². The molecule has 0 aromatic carbocycles. The fourth-order valence-electron chi connectivity index (χ4n) is 3.79. The van der Waals surface area contributed by atoms with Crippen LogP contribution in [-0.2, 0) is 13.6 Å². The fourth-order valence-corrected chi connectivity index (χ4v) is 6.42. The van der Waals surface area contributed by atoms with Crippen LogP contribution in [-0.4, -0.2) is 34.6 Å². The van der Waals surface area contributed by atoms with Gasteiger partial charge in [0.15, 0.2) is 22.4 Å². The maximum absolute atomic E-state index is 12.6. The quantitative estimate of drug-likeness (QED) is 0.164. The van der Waals surface area contributed by atoms with Crippen LogP contribution in [0.3, 0.4) is 0 Å². The Morgan fingerprint density at radius 3 is 2.09 bits per heavy atom. The highest BCUT2D eigenvalue weighted by Crippen LogP contribution is 2.42. The molecule has 0 aromatic heterocycles. The highest BCUT2D eigenvalue weighted by molar-refractivity contribution is 6.74. The minimum Gasteiger partial charge on any atom is -0.413 e. The molecule has 0 N–H and O–H groups in total. The topological polar surface area (TPSA) is 35.5 Å². The van der Waals surface area contributed by atoms with Crippen molar-refractivity contribution in [2.45, 2.75) is 136 Å². The summed E-state index contributed by atoms with van der Waals surface area (Å²) in [5.74, 6) is 0.701. The van der Waals surface area contributed by atoms with E-state index >= 15 is 0 Å². The largest absolute Gasteiger partial charge is 0.413 e. The van der Waals surface area contributed by atoms with Crippen molar-refractivity contribution in [2.75, 3.05) is 0 Å². The molecule has 1 fully saturated rings. The Morgan fingerprint density at radius 2 is 1.61 bits per heavy atom. The summed E-state index contributed by atoms with van der Waals surface area (Å²) in [7, 11) is -3.90. The molecule has 0 saturated heterocycles. The molecular weight excluding hydrogens is 440 g/mol. The molecule has 0 aromatic rings. The van der Waals surface area contributed by atoms with Crippen LogP contribution < -0.4 is 0 Å². The first-order chi connectivity index (χ1) is 14.8.